The summed E-state index contributed by atoms with van der Waals surface area (Å²) in [6, 6.07) is 0. The molecule has 1 heterocycles. The highest BCUT2D eigenvalue weighted by molar-refractivity contribution is 9.10. The van der Waals surface area contributed by atoms with E-state index in [1.807, 2.05) is 6.92 Å². The second-order valence-corrected chi connectivity index (χ2v) is 3.98. The molecule has 0 saturated heterocycles. The summed E-state index contributed by atoms with van der Waals surface area (Å²) in [7, 11) is 0. The van der Waals surface area contributed by atoms with Crippen molar-refractivity contribution in [3.8, 4) is 0 Å². The fraction of sp³-hybridized carbons (Fsp3) is 0.600. The third-order valence-corrected chi connectivity index (χ3v) is 2.83. The number of rotatable bonds is 6. The fourth-order valence-electron chi connectivity index (χ4n) is 1.25. The van der Waals surface area contributed by atoms with Gasteiger partial charge in [0.15, 0.2) is 5.69 Å². The van der Waals surface area contributed by atoms with Crippen LogP contribution in [0.15, 0.2) is 4.47 Å². The molecule has 0 fully saturated rings. The van der Waals surface area contributed by atoms with Crippen LogP contribution in [-0.2, 0) is 16.0 Å². The number of carbonyl (C=O) groups is 1. The molecule has 0 bridgehead atoms. The number of aromatic nitrogens is 2. The highest BCUT2D eigenvalue weighted by Crippen LogP contribution is 2.24. The van der Waals surface area contributed by atoms with Gasteiger partial charge in [-0.2, -0.15) is 5.10 Å². The first-order valence-corrected chi connectivity index (χ1v) is 6.17. The van der Waals surface area contributed by atoms with E-state index in [0.29, 0.717) is 36.7 Å². The van der Waals surface area contributed by atoms with E-state index in [1.54, 1.807) is 6.92 Å². The van der Waals surface area contributed by atoms with E-state index in [1.165, 1.54) is 4.68 Å². The van der Waals surface area contributed by atoms with Crippen LogP contribution >= 0.6 is 15.9 Å². The Labute approximate surface area is 108 Å². The summed E-state index contributed by atoms with van der Waals surface area (Å²) in [6.45, 7) is 5.58. The molecule has 0 unspecified atom stereocenters. The Morgan fingerprint density at radius 1 is 1.47 bits per heavy atom. The van der Waals surface area contributed by atoms with Gasteiger partial charge in [-0.3, -0.25) is 0 Å². The van der Waals surface area contributed by atoms with E-state index in [9.17, 15) is 4.79 Å². The maximum absolute atomic E-state index is 11.5. The summed E-state index contributed by atoms with van der Waals surface area (Å²) in [4.78, 5) is 11.5. The number of nitrogens with zero attached hydrogens (tertiary/aromatic N) is 2. The van der Waals surface area contributed by atoms with Crippen molar-refractivity contribution in [3.63, 3.8) is 0 Å². The molecular weight excluding hydrogens is 290 g/mol. The van der Waals surface area contributed by atoms with E-state index in [4.69, 9.17) is 15.2 Å². The van der Waals surface area contributed by atoms with Gasteiger partial charge in [-0.05, 0) is 29.8 Å². The molecule has 0 aliphatic heterocycles. The van der Waals surface area contributed by atoms with E-state index >= 15 is 0 Å². The van der Waals surface area contributed by atoms with E-state index in [-0.39, 0.29) is 5.69 Å². The first-order chi connectivity index (χ1) is 8.11. The predicted octanol–water partition coefficient (Wildman–Crippen LogP) is 1.44. The van der Waals surface area contributed by atoms with Gasteiger partial charge in [-0.1, -0.05) is 0 Å². The van der Waals surface area contributed by atoms with Crippen molar-refractivity contribution in [2.75, 3.05) is 25.6 Å². The predicted molar refractivity (Wildman–Crippen MR) is 66.8 cm³/mol. The SMILES string of the molecule is CCOCCn1nc(C(=O)OCC)c(Br)c1N. The second-order valence-electron chi connectivity index (χ2n) is 3.19. The zero-order chi connectivity index (χ0) is 12.8. The van der Waals surface area contributed by atoms with Crippen molar-refractivity contribution in [2.24, 2.45) is 0 Å². The lowest BCUT2D eigenvalue weighted by Crippen LogP contribution is -2.11. The number of nitrogens with two attached hydrogens (primary N) is 1. The third kappa shape index (κ3) is 3.44. The Hall–Kier alpha value is -1.08. The van der Waals surface area contributed by atoms with Gasteiger partial charge < -0.3 is 15.2 Å². The van der Waals surface area contributed by atoms with E-state index < -0.39 is 5.97 Å². The topological polar surface area (TPSA) is 79.4 Å². The van der Waals surface area contributed by atoms with E-state index in [0.717, 1.165) is 0 Å². The number of anilines is 1. The number of nitrogen functional groups attached to an aromatic ring is 1. The zero-order valence-corrected chi connectivity index (χ0v) is 11.5. The third-order valence-electron chi connectivity index (χ3n) is 2.05. The largest absolute Gasteiger partial charge is 0.461 e. The molecule has 7 heteroatoms. The molecule has 0 atom stereocenters. The van der Waals surface area contributed by atoms with Crippen LogP contribution < -0.4 is 5.73 Å². The summed E-state index contributed by atoms with van der Waals surface area (Å²) in [5, 5.41) is 4.09. The first kappa shape index (κ1) is 14.0. The highest BCUT2D eigenvalue weighted by Gasteiger charge is 2.20. The summed E-state index contributed by atoms with van der Waals surface area (Å²) in [5.74, 6) is -0.0889. The van der Waals surface area contributed by atoms with Crippen LogP contribution in [0.3, 0.4) is 0 Å². The van der Waals surface area contributed by atoms with Crippen LogP contribution in [0.25, 0.3) is 0 Å². The molecule has 1 aromatic rings. The molecule has 0 radical (unpaired) electrons. The molecule has 1 rings (SSSR count). The fourth-order valence-corrected chi connectivity index (χ4v) is 1.69. The van der Waals surface area contributed by atoms with Crippen LogP contribution in [0.5, 0.6) is 0 Å². The van der Waals surface area contributed by atoms with Crippen molar-refractivity contribution < 1.29 is 14.3 Å². The van der Waals surface area contributed by atoms with Crippen LogP contribution in [0, 0.1) is 0 Å². The standard InChI is InChI=1S/C10H16BrN3O3/c1-3-16-6-5-14-9(12)7(11)8(13-14)10(15)17-4-2/h3-6,12H2,1-2H3. The van der Waals surface area contributed by atoms with Crippen molar-refractivity contribution >= 4 is 27.7 Å². The van der Waals surface area contributed by atoms with Crippen molar-refractivity contribution in [3.05, 3.63) is 10.2 Å². The van der Waals surface area contributed by atoms with Crippen LogP contribution in [0.1, 0.15) is 24.3 Å². The summed E-state index contributed by atoms with van der Waals surface area (Å²) >= 11 is 3.23. The Kier molecular flexibility index (Phi) is 5.43. The second kappa shape index (κ2) is 6.61. The Balaban J connectivity index is 2.80. The minimum absolute atomic E-state index is 0.195. The van der Waals surface area contributed by atoms with Crippen molar-refractivity contribution in [2.45, 2.75) is 20.4 Å². The molecule has 1 aromatic heterocycles. The Morgan fingerprint density at radius 3 is 2.76 bits per heavy atom. The highest BCUT2D eigenvalue weighted by atomic mass is 79.9. The summed E-state index contributed by atoms with van der Waals surface area (Å²) in [6.07, 6.45) is 0. The number of hydrogen-bond acceptors (Lipinski definition) is 5. The monoisotopic (exact) mass is 305 g/mol. The Bertz CT molecular complexity index is 392. The first-order valence-electron chi connectivity index (χ1n) is 5.38. The van der Waals surface area contributed by atoms with Crippen LogP contribution in [0.4, 0.5) is 5.82 Å². The quantitative estimate of drug-likeness (QED) is 0.635. The van der Waals surface area contributed by atoms with Gasteiger partial charge in [0.1, 0.15) is 5.82 Å². The average molecular weight is 306 g/mol. The lowest BCUT2D eigenvalue weighted by Gasteiger charge is -2.03. The normalized spacial score (nSPS) is 10.5. The minimum Gasteiger partial charge on any atom is -0.461 e. The molecule has 0 saturated carbocycles. The smallest absolute Gasteiger partial charge is 0.360 e. The van der Waals surface area contributed by atoms with Crippen molar-refractivity contribution in [1.82, 2.24) is 9.78 Å². The summed E-state index contributed by atoms with van der Waals surface area (Å²) < 4.78 is 12.1. The van der Waals surface area contributed by atoms with Crippen LogP contribution in [0.2, 0.25) is 0 Å². The lowest BCUT2D eigenvalue weighted by molar-refractivity contribution is 0.0516. The number of carbonyl (C=O) groups excluding carboxylic acids is 1. The van der Waals surface area contributed by atoms with Gasteiger partial charge in [-0.25, -0.2) is 9.48 Å². The molecule has 0 spiro atoms. The Morgan fingerprint density at radius 2 is 2.18 bits per heavy atom. The van der Waals surface area contributed by atoms with Gasteiger partial charge in [0.2, 0.25) is 0 Å². The number of hydrogen-bond donors (Lipinski definition) is 1. The molecule has 17 heavy (non-hydrogen) atoms. The molecule has 0 aromatic carbocycles. The number of ether oxygens (including phenoxy) is 2. The van der Waals surface area contributed by atoms with Gasteiger partial charge in [-0.15, -0.1) is 0 Å². The molecule has 6 nitrogen and oxygen atoms in total. The molecule has 96 valence electrons. The van der Waals surface area contributed by atoms with Gasteiger partial charge in [0.25, 0.3) is 0 Å². The molecule has 0 amide bonds. The lowest BCUT2D eigenvalue weighted by atomic mass is 10.4. The maximum atomic E-state index is 11.5. The molecule has 2 N–H and O–H groups in total. The van der Waals surface area contributed by atoms with Crippen LogP contribution in [-0.4, -0.2) is 35.6 Å². The summed E-state index contributed by atoms with van der Waals surface area (Å²) in [5.41, 5.74) is 6.01. The van der Waals surface area contributed by atoms with Gasteiger partial charge >= 0.3 is 5.97 Å². The van der Waals surface area contributed by atoms with Crippen molar-refractivity contribution in [1.29, 1.82) is 0 Å². The molecular formula is C10H16BrN3O3. The maximum Gasteiger partial charge on any atom is 0.360 e. The number of esters is 1. The number of halogens is 1. The minimum atomic E-state index is -0.485. The van der Waals surface area contributed by atoms with Gasteiger partial charge in [0, 0.05) is 6.61 Å². The van der Waals surface area contributed by atoms with E-state index in [2.05, 4.69) is 21.0 Å². The average Bonchev–Trinajstić information content (AvgIpc) is 2.58. The molecule has 0 aliphatic carbocycles. The molecule has 0 aliphatic rings. The zero-order valence-electron chi connectivity index (χ0n) is 9.90. The van der Waals surface area contributed by atoms with Gasteiger partial charge in [0.05, 0.1) is 24.2 Å².